The maximum absolute atomic E-state index is 11.6. The molecule has 22 heavy (non-hydrogen) atoms. The molecule has 0 unspecified atom stereocenters. The normalized spacial score (nSPS) is 16.5. The zero-order valence-corrected chi connectivity index (χ0v) is 12.8. The van der Waals surface area contributed by atoms with E-state index in [1.54, 1.807) is 18.2 Å². The monoisotopic (exact) mass is 301 g/mol. The van der Waals surface area contributed by atoms with Crippen molar-refractivity contribution < 1.29 is 14.4 Å². The molecule has 0 aromatic rings. The summed E-state index contributed by atoms with van der Waals surface area (Å²) in [6.45, 7) is 5.65. The van der Waals surface area contributed by atoms with Crippen LogP contribution in [-0.2, 0) is 9.59 Å². The van der Waals surface area contributed by atoms with E-state index in [0.29, 0.717) is 0 Å². The van der Waals surface area contributed by atoms with Gasteiger partial charge in [0.1, 0.15) is 5.57 Å². The highest BCUT2D eigenvalue weighted by Crippen LogP contribution is 2.12. The lowest BCUT2D eigenvalue weighted by atomic mass is 10.1. The molecule has 0 aliphatic carbocycles. The number of amides is 4. The molecule has 1 fully saturated rings. The molecule has 2 N–H and O–H groups in total. The van der Waals surface area contributed by atoms with Gasteiger partial charge in [-0.25, -0.2) is 4.79 Å². The average Bonchev–Trinajstić information content (AvgIpc) is 2.41. The van der Waals surface area contributed by atoms with Gasteiger partial charge in [0.2, 0.25) is 0 Å². The molecule has 0 bridgehead atoms. The minimum absolute atomic E-state index is 0.124. The lowest BCUT2D eigenvalue weighted by molar-refractivity contribution is -0.124. The first kappa shape index (κ1) is 17.2. The van der Waals surface area contributed by atoms with Crippen LogP contribution in [0.4, 0.5) is 4.79 Å². The van der Waals surface area contributed by atoms with Gasteiger partial charge in [-0.15, -0.1) is 0 Å². The minimum atomic E-state index is -0.813. The van der Waals surface area contributed by atoms with Crippen molar-refractivity contribution in [2.45, 2.75) is 6.92 Å². The number of carbonyl (C=O) groups is 3. The minimum Gasteiger partial charge on any atom is -0.377 e. The highest BCUT2D eigenvalue weighted by molar-refractivity contribution is 6.29. The molecular weight excluding hydrogens is 282 g/mol. The van der Waals surface area contributed by atoms with E-state index in [1.165, 1.54) is 6.08 Å². The Morgan fingerprint density at radius 3 is 2.14 bits per heavy atom. The van der Waals surface area contributed by atoms with Crippen molar-refractivity contribution in [3.05, 3.63) is 59.9 Å². The summed E-state index contributed by atoms with van der Waals surface area (Å²) in [5.41, 5.74) is 1.63. The number of carbonyl (C=O) groups excluding carboxylic acids is 3. The summed E-state index contributed by atoms with van der Waals surface area (Å²) in [4.78, 5) is 36.0. The van der Waals surface area contributed by atoms with Gasteiger partial charge in [0.25, 0.3) is 11.8 Å². The first-order chi connectivity index (χ1) is 10.4. The fourth-order valence-electron chi connectivity index (χ4n) is 1.84. The highest BCUT2D eigenvalue weighted by Gasteiger charge is 2.26. The van der Waals surface area contributed by atoms with Crippen LogP contribution in [-0.4, -0.2) is 36.8 Å². The van der Waals surface area contributed by atoms with Crippen LogP contribution >= 0.6 is 0 Å². The Morgan fingerprint density at radius 1 is 1.09 bits per heavy atom. The van der Waals surface area contributed by atoms with Gasteiger partial charge in [0.15, 0.2) is 0 Å². The Balaban J connectivity index is 3.09. The number of nitrogens with one attached hydrogen (secondary N) is 2. The predicted molar refractivity (Wildman–Crippen MR) is 84.6 cm³/mol. The van der Waals surface area contributed by atoms with E-state index in [0.717, 1.165) is 11.3 Å². The van der Waals surface area contributed by atoms with E-state index >= 15 is 0 Å². The lowest BCUT2D eigenvalue weighted by Crippen LogP contribution is -2.51. The fraction of sp³-hybridized carbons (Fsp3) is 0.188. The summed E-state index contributed by atoms with van der Waals surface area (Å²) in [6.07, 6.45) is 10.2. The molecule has 1 aliphatic rings. The van der Waals surface area contributed by atoms with Crippen molar-refractivity contribution in [2.24, 2.45) is 0 Å². The van der Waals surface area contributed by atoms with Gasteiger partial charge in [0, 0.05) is 19.8 Å². The van der Waals surface area contributed by atoms with Crippen LogP contribution < -0.4 is 10.6 Å². The predicted octanol–water partition coefficient (Wildman–Crippen LogP) is 1.41. The summed E-state index contributed by atoms with van der Waals surface area (Å²) < 4.78 is 0. The summed E-state index contributed by atoms with van der Waals surface area (Å²) in [5.74, 6) is -1.43. The quantitative estimate of drug-likeness (QED) is 0.457. The number of rotatable bonds is 5. The number of allylic oxidation sites excluding steroid dienone is 7. The number of hydrogen-bond acceptors (Lipinski definition) is 4. The number of urea groups is 1. The van der Waals surface area contributed by atoms with Gasteiger partial charge in [0.05, 0.1) is 0 Å². The number of imide groups is 2. The molecule has 1 rings (SSSR count). The molecule has 0 radical (unpaired) electrons. The largest absolute Gasteiger partial charge is 0.377 e. The van der Waals surface area contributed by atoms with Crippen LogP contribution in [0.1, 0.15) is 6.92 Å². The van der Waals surface area contributed by atoms with Crippen molar-refractivity contribution >= 4 is 17.8 Å². The van der Waals surface area contributed by atoms with Crippen LogP contribution in [0.5, 0.6) is 0 Å². The molecule has 1 saturated heterocycles. The molecule has 6 nitrogen and oxygen atoms in total. The number of likely N-dealkylation sites (N-methyl/N-ethyl adjacent to an activating group) is 1. The Morgan fingerprint density at radius 2 is 1.68 bits per heavy atom. The highest BCUT2D eigenvalue weighted by atomic mass is 16.2. The standard InChI is InChI=1S/C16H19N3O3/c1-5-8-11(13(6-2)19(3)4)9-7-10-12-14(20)17-16(22)18-15(12)21/h5-10H,2H2,1,3-4H3,(H2,17,18,20,21,22)/b8-5-,9-7+,13-11-. The fourth-order valence-corrected chi connectivity index (χ4v) is 1.84. The van der Waals surface area contributed by atoms with Gasteiger partial charge in [-0.2, -0.15) is 0 Å². The Bertz CT molecular complexity index is 601. The van der Waals surface area contributed by atoms with Crippen LogP contribution in [0.15, 0.2) is 59.9 Å². The van der Waals surface area contributed by atoms with Gasteiger partial charge in [-0.1, -0.05) is 30.9 Å². The van der Waals surface area contributed by atoms with Crippen molar-refractivity contribution in [2.75, 3.05) is 14.1 Å². The molecule has 0 aromatic heterocycles. The molecule has 1 heterocycles. The Kier molecular flexibility index (Phi) is 6.07. The van der Waals surface area contributed by atoms with Crippen molar-refractivity contribution in [1.29, 1.82) is 0 Å². The number of hydrogen-bond donors (Lipinski definition) is 2. The molecule has 116 valence electrons. The maximum atomic E-state index is 11.6. The topological polar surface area (TPSA) is 78.5 Å². The second kappa shape index (κ2) is 7.78. The van der Waals surface area contributed by atoms with E-state index < -0.39 is 17.8 Å². The SMILES string of the molecule is C=C/C(=C(\C=C/C)/C=C/C=C1C(=O)NC(=O)NC1=O)N(C)C. The van der Waals surface area contributed by atoms with E-state index in [1.807, 2.05) is 48.7 Å². The molecular formula is C16H19N3O3. The molecule has 0 spiro atoms. The Labute approximate surface area is 129 Å². The van der Waals surface area contributed by atoms with Crippen LogP contribution in [0, 0.1) is 0 Å². The molecule has 0 aromatic carbocycles. The van der Waals surface area contributed by atoms with Crippen molar-refractivity contribution in [3.8, 4) is 0 Å². The zero-order chi connectivity index (χ0) is 16.7. The first-order valence-electron chi connectivity index (χ1n) is 6.62. The molecule has 0 saturated carbocycles. The van der Waals surface area contributed by atoms with Gasteiger partial charge in [-0.05, 0) is 24.6 Å². The van der Waals surface area contributed by atoms with E-state index in [-0.39, 0.29) is 5.57 Å². The number of nitrogens with zero attached hydrogens (tertiary/aromatic N) is 1. The van der Waals surface area contributed by atoms with Crippen molar-refractivity contribution in [1.82, 2.24) is 15.5 Å². The average molecular weight is 301 g/mol. The summed E-state index contributed by atoms with van der Waals surface area (Å²) in [7, 11) is 3.78. The maximum Gasteiger partial charge on any atom is 0.328 e. The molecule has 6 heteroatoms. The first-order valence-corrected chi connectivity index (χ1v) is 6.62. The third-order valence-corrected chi connectivity index (χ3v) is 2.80. The van der Waals surface area contributed by atoms with Crippen LogP contribution in [0.3, 0.4) is 0 Å². The van der Waals surface area contributed by atoms with E-state index in [4.69, 9.17) is 0 Å². The summed E-state index contributed by atoms with van der Waals surface area (Å²) in [5, 5.41) is 4.03. The van der Waals surface area contributed by atoms with Crippen molar-refractivity contribution in [3.63, 3.8) is 0 Å². The Hall–Kier alpha value is -2.89. The second-order valence-corrected chi connectivity index (χ2v) is 4.62. The van der Waals surface area contributed by atoms with Gasteiger partial charge in [-0.3, -0.25) is 20.2 Å². The van der Waals surface area contributed by atoms with E-state index in [9.17, 15) is 14.4 Å². The van der Waals surface area contributed by atoms with Crippen LogP contribution in [0.25, 0.3) is 0 Å². The van der Waals surface area contributed by atoms with Gasteiger partial charge < -0.3 is 4.90 Å². The van der Waals surface area contributed by atoms with Gasteiger partial charge >= 0.3 is 6.03 Å². The third-order valence-electron chi connectivity index (χ3n) is 2.80. The summed E-state index contributed by atoms with van der Waals surface area (Å²) >= 11 is 0. The summed E-state index contributed by atoms with van der Waals surface area (Å²) in [6, 6.07) is -0.813. The third kappa shape index (κ3) is 4.31. The molecule has 4 amide bonds. The van der Waals surface area contributed by atoms with Crippen LogP contribution in [0.2, 0.25) is 0 Å². The zero-order valence-electron chi connectivity index (χ0n) is 12.8. The molecule has 0 atom stereocenters. The smallest absolute Gasteiger partial charge is 0.328 e. The van der Waals surface area contributed by atoms with E-state index in [2.05, 4.69) is 6.58 Å². The lowest BCUT2D eigenvalue weighted by Gasteiger charge is -2.16. The number of barbiturate groups is 1. The molecule has 1 aliphatic heterocycles. The second-order valence-electron chi connectivity index (χ2n) is 4.62.